The van der Waals surface area contributed by atoms with Crippen molar-refractivity contribution in [2.75, 3.05) is 11.4 Å². The summed E-state index contributed by atoms with van der Waals surface area (Å²) >= 11 is 0. The molecule has 6 heteroatoms. The molecular formula is C19H18N4O2. The highest BCUT2D eigenvalue weighted by atomic mass is 16.5. The van der Waals surface area contributed by atoms with Gasteiger partial charge in [-0.2, -0.15) is 4.98 Å². The molecule has 1 aliphatic heterocycles. The van der Waals surface area contributed by atoms with Crippen molar-refractivity contribution in [1.29, 1.82) is 0 Å². The van der Waals surface area contributed by atoms with E-state index >= 15 is 0 Å². The van der Waals surface area contributed by atoms with Gasteiger partial charge >= 0.3 is 0 Å². The smallest absolute Gasteiger partial charge is 0.232 e. The third kappa shape index (κ3) is 3.03. The molecule has 0 unspecified atom stereocenters. The van der Waals surface area contributed by atoms with Crippen molar-refractivity contribution in [1.82, 2.24) is 15.1 Å². The number of hydrogen-bond acceptors (Lipinski definition) is 5. The Labute approximate surface area is 145 Å². The quantitative estimate of drug-likeness (QED) is 0.735. The van der Waals surface area contributed by atoms with Gasteiger partial charge in [-0.3, -0.25) is 9.78 Å². The lowest BCUT2D eigenvalue weighted by Crippen LogP contribution is -2.24. The topological polar surface area (TPSA) is 72.1 Å². The van der Waals surface area contributed by atoms with Crippen molar-refractivity contribution in [2.24, 2.45) is 0 Å². The molecule has 1 fully saturated rings. The van der Waals surface area contributed by atoms with Gasteiger partial charge in [0, 0.05) is 24.8 Å². The van der Waals surface area contributed by atoms with Gasteiger partial charge in [-0.25, -0.2) is 0 Å². The lowest BCUT2D eigenvalue weighted by Gasteiger charge is -2.17. The molecule has 1 amide bonds. The number of carbonyl (C=O) groups is 1. The van der Waals surface area contributed by atoms with Gasteiger partial charge in [0.25, 0.3) is 0 Å². The maximum absolute atomic E-state index is 12.5. The highest BCUT2D eigenvalue weighted by Gasteiger charge is 2.35. The molecule has 1 aromatic carbocycles. The average molecular weight is 334 g/mol. The second kappa shape index (κ2) is 6.12. The summed E-state index contributed by atoms with van der Waals surface area (Å²) in [6.07, 6.45) is 2.06. The van der Waals surface area contributed by atoms with Crippen LogP contribution in [0.25, 0.3) is 11.5 Å². The number of hydrogen-bond donors (Lipinski definition) is 0. The summed E-state index contributed by atoms with van der Waals surface area (Å²) in [5, 5.41) is 4.00. The van der Waals surface area contributed by atoms with Gasteiger partial charge in [0.1, 0.15) is 5.69 Å². The Balaban J connectivity index is 1.57. The molecule has 3 aromatic rings. The largest absolute Gasteiger partial charge is 0.339 e. The van der Waals surface area contributed by atoms with E-state index in [-0.39, 0.29) is 11.8 Å². The first-order valence-corrected chi connectivity index (χ1v) is 8.24. The van der Waals surface area contributed by atoms with Crippen LogP contribution in [0.3, 0.4) is 0 Å². The average Bonchev–Trinajstić information content (AvgIpc) is 3.21. The van der Waals surface area contributed by atoms with E-state index in [4.69, 9.17) is 4.52 Å². The molecule has 0 N–H and O–H groups in total. The Morgan fingerprint density at radius 2 is 1.96 bits per heavy atom. The van der Waals surface area contributed by atoms with Crippen LogP contribution < -0.4 is 4.90 Å². The number of pyridine rings is 1. The number of carbonyl (C=O) groups excluding carboxylic acids is 1. The molecular weight excluding hydrogens is 316 g/mol. The van der Waals surface area contributed by atoms with Crippen molar-refractivity contribution in [3.8, 4) is 11.5 Å². The van der Waals surface area contributed by atoms with Gasteiger partial charge in [-0.05, 0) is 49.2 Å². The zero-order valence-corrected chi connectivity index (χ0v) is 14.1. The van der Waals surface area contributed by atoms with E-state index in [1.807, 2.05) is 44.2 Å². The minimum Gasteiger partial charge on any atom is -0.339 e. The second-order valence-electron chi connectivity index (χ2n) is 6.42. The first-order chi connectivity index (χ1) is 12.1. The lowest BCUT2D eigenvalue weighted by atomic mass is 10.1. The van der Waals surface area contributed by atoms with Crippen LogP contribution in [0.2, 0.25) is 0 Å². The number of amides is 1. The molecule has 4 rings (SSSR count). The number of nitrogens with zero attached hydrogens (tertiary/aromatic N) is 4. The molecule has 0 aliphatic carbocycles. The molecule has 0 bridgehead atoms. The van der Waals surface area contributed by atoms with Gasteiger partial charge in [-0.1, -0.05) is 17.3 Å². The number of aromatic nitrogens is 3. The molecule has 0 radical (unpaired) electrons. The van der Waals surface area contributed by atoms with Gasteiger partial charge in [-0.15, -0.1) is 0 Å². The monoisotopic (exact) mass is 334 g/mol. The molecule has 25 heavy (non-hydrogen) atoms. The Bertz CT molecular complexity index is 900. The summed E-state index contributed by atoms with van der Waals surface area (Å²) in [6.45, 7) is 4.61. The minimum atomic E-state index is -0.0988. The van der Waals surface area contributed by atoms with Crippen LogP contribution >= 0.6 is 0 Å². The van der Waals surface area contributed by atoms with Gasteiger partial charge in [0.2, 0.25) is 17.6 Å². The van der Waals surface area contributed by atoms with Crippen LogP contribution in [-0.2, 0) is 4.79 Å². The third-order valence-electron chi connectivity index (χ3n) is 4.33. The number of anilines is 1. The summed E-state index contributed by atoms with van der Waals surface area (Å²) in [4.78, 5) is 22.9. The first kappa shape index (κ1) is 15.5. The van der Waals surface area contributed by atoms with E-state index in [1.54, 1.807) is 11.1 Å². The SMILES string of the molecule is Cc1cc(C)cc(N2C[C@@H](c3nc(-c4ccccn4)no3)CC2=O)c1. The van der Waals surface area contributed by atoms with Crippen molar-refractivity contribution in [2.45, 2.75) is 26.2 Å². The van der Waals surface area contributed by atoms with Crippen molar-refractivity contribution in [3.05, 3.63) is 59.6 Å². The van der Waals surface area contributed by atoms with Crippen LogP contribution in [0.5, 0.6) is 0 Å². The zero-order chi connectivity index (χ0) is 17.4. The van der Waals surface area contributed by atoms with E-state index in [0.717, 1.165) is 16.8 Å². The van der Waals surface area contributed by atoms with Crippen molar-refractivity contribution in [3.63, 3.8) is 0 Å². The first-order valence-electron chi connectivity index (χ1n) is 8.24. The zero-order valence-electron chi connectivity index (χ0n) is 14.1. The third-order valence-corrected chi connectivity index (χ3v) is 4.33. The second-order valence-corrected chi connectivity index (χ2v) is 6.42. The molecule has 2 aromatic heterocycles. The molecule has 1 aliphatic rings. The van der Waals surface area contributed by atoms with E-state index in [1.165, 1.54) is 0 Å². The predicted molar refractivity (Wildman–Crippen MR) is 93.2 cm³/mol. The van der Waals surface area contributed by atoms with Crippen LogP contribution in [0.15, 0.2) is 47.1 Å². The molecule has 0 spiro atoms. The Hall–Kier alpha value is -3.02. The van der Waals surface area contributed by atoms with Crippen LogP contribution in [0.1, 0.15) is 29.4 Å². The van der Waals surface area contributed by atoms with Gasteiger partial charge in [0.15, 0.2) is 0 Å². The maximum atomic E-state index is 12.5. The molecule has 6 nitrogen and oxygen atoms in total. The Morgan fingerprint density at radius 1 is 1.16 bits per heavy atom. The van der Waals surface area contributed by atoms with Crippen LogP contribution in [-0.4, -0.2) is 27.6 Å². The van der Waals surface area contributed by atoms with Crippen molar-refractivity contribution < 1.29 is 9.32 Å². The van der Waals surface area contributed by atoms with E-state index < -0.39 is 0 Å². The van der Waals surface area contributed by atoms with E-state index in [2.05, 4.69) is 21.2 Å². The van der Waals surface area contributed by atoms with Gasteiger partial charge < -0.3 is 9.42 Å². The highest BCUT2D eigenvalue weighted by Crippen LogP contribution is 2.32. The standard InChI is InChI=1S/C19H18N4O2/c1-12-7-13(2)9-15(8-12)23-11-14(10-17(23)24)19-21-18(22-25-19)16-5-3-4-6-20-16/h3-9,14H,10-11H2,1-2H3/t14-/m0/s1. The molecule has 1 saturated heterocycles. The van der Waals surface area contributed by atoms with Crippen LogP contribution in [0.4, 0.5) is 5.69 Å². The molecule has 0 saturated carbocycles. The fraction of sp³-hybridized carbons (Fsp3) is 0.263. The lowest BCUT2D eigenvalue weighted by molar-refractivity contribution is -0.117. The number of rotatable bonds is 3. The van der Waals surface area contributed by atoms with E-state index in [0.29, 0.717) is 30.4 Å². The fourth-order valence-electron chi connectivity index (χ4n) is 3.23. The maximum Gasteiger partial charge on any atom is 0.232 e. The van der Waals surface area contributed by atoms with Crippen LogP contribution in [0, 0.1) is 13.8 Å². The normalized spacial score (nSPS) is 17.3. The summed E-state index contributed by atoms with van der Waals surface area (Å²) < 4.78 is 5.40. The summed E-state index contributed by atoms with van der Waals surface area (Å²) in [5.41, 5.74) is 3.87. The summed E-state index contributed by atoms with van der Waals surface area (Å²) in [5.74, 6) is 0.916. The molecule has 126 valence electrons. The number of benzene rings is 1. The van der Waals surface area contributed by atoms with Gasteiger partial charge in [0.05, 0.1) is 5.92 Å². The van der Waals surface area contributed by atoms with Crippen molar-refractivity contribution >= 4 is 11.6 Å². The fourth-order valence-corrected chi connectivity index (χ4v) is 3.23. The minimum absolute atomic E-state index is 0.0765. The molecule has 1 atom stereocenters. The molecule has 3 heterocycles. The van der Waals surface area contributed by atoms with E-state index in [9.17, 15) is 4.79 Å². The number of aryl methyl sites for hydroxylation is 2. The highest BCUT2D eigenvalue weighted by molar-refractivity contribution is 5.96. The Morgan fingerprint density at radius 3 is 2.68 bits per heavy atom. The summed E-state index contributed by atoms with van der Waals surface area (Å²) in [6, 6.07) is 11.7. The summed E-state index contributed by atoms with van der Waals surface area (Å²) in [7, 11) is 0. The Kier molecular flexibility index (Phi) is 3.80. The predicted octanol–water partition coefficient (Wildman–Crippen LogP) is 3.27.